The zero-order valence-electron chi connectivity index (χ0n) is 28.1. The van der Waals surface area contributed by atoms with Gasteiger partial charge in [-0.3, -0.25) is 19.1 Å². The molecule has 4 aliphatic rings. The van der Waals surface area contributed by atoms with E-state index in [0.29, 0.717) is 37.2 Å². The van der Waals surface area contributed by atoms with Gasteiger partial charge < -0.3 is 25.0 Å². The minimum atomic E-state index is -3.86. The molecule has 1 saturated heterocycles. The van der Waals surface area contributed by atoms with Crippen molar-refractivity contribution in [2.45, 2.75) is 93.4 Å². The van der Waals surface area contributed by atoms with E-state index in [4.69, 9.17) is 9.47 Å². The van der Waals surface area contributed by atoms with Crippen molar-refractivity contribution < 1.29 is 37.1 Å². The Bertz CT molecular complexity index is 1930. The number of ether oxygens (including phenoxy) is 2. The first-order chi connectivity index (χ1) is 24.6. The van der Waals surface area contributed by atoms with Crippen LogP contribution in [0, 0.1) is 5.92 Å². The summed E-state index contributed by atoms with van der Waals surface area (Å²) in [5.41, 5.74) is -0.527. The van der Waals surface area contributed by atoms with E-state index >= 15 is 0 Å². The molecule has 51 heavy (non-hydrogen) atoms. The molecule has 14 heteroatoms. The second kappa shape index (κ2) is 14.8. The third-order valence-corrected chi connectivity index (χ3v) is 12.7. The van der Waals surface area contributed by atoms with Crippen LogP contribution in [0.15, 0.2) is 72.1 Å². The maximum atomic E-state index is 14.3. The van der Waals surface area contributed by atoms with Crippen molar-refractivity contribution in [3.8, 4) is 5.06 Å². The third kappa shape index (κ3) is 8.13. The zero-order valence-corrected chi connectivity index (χ0v) is 29.8. The van der Waals surface area contributed by atoms with Gasteiger partial charge in [0.1, 0.15) is 17.6 Å². The zero-order chi connectivity index (χ0) is 35.6. The van der Waals surface area contributed by atoms with E-state index in [-0.39, 0.29) is 26.0 Å². The van der Waals surface area contributed by atoms with Crippen molar-refractivity contribution in [3.63, 3.8) is 0 Å². The normalized spacial score (nSPS) is 27.6. The smallest absolute Gasteiger partial charge is 0.399 e. The summed E-state index contributed by atoms with van der Waals surface area (Å²) >= 11 is 1.25. The Labute approximate surface area is 301 Å². The standard InChI is InChI=1S/C37H42N4O8S2/c42-33-31-20-28(48-23-24-14-15-25-9-6-7-10-26(25)19-24)22-41(31)34(43)30(38-36(45)49-32-13-8-18-50-32)12-5-3-1-2-4-11-27-21-37(27,39-33)35(44)40-51(46,47)29-16-17-29/h4,6-11,13-15,18-19,27-31H,1-3,5,12,16-17,20-23H2,(H,38,45)(H,39,42)(H,40,44)/b11-4-/t27-,28-,30+,31+,37-/m1/s1. The molecule has 0 radical (unpaired) electrons. The number of fused-ring (bicyclic) bond motifs is 3. The SMILES string of the molecule is O=C(N[C@H]1CCCCC/C=C\[C@@H]2C[C@@]2(C(=O)NS(=O)(=O)C2CC2)NC(=O)[C@@H]2C[C@@H](OCc3ccc4ccccc4c3)CN2C1=O)Oc1cccs1. The Kier molecular flexibility index (Phi) is 10.2. The van der Waals surface area contributed by atoms with Gasteiger partial charge in [0.15, 0.2) is 5.06 Å². The fourth-order valence-corrected chi connectivity index (χ4v) is 8.95. The molecule has 7 rings (SSSR count). The summed E-state index contributed by atoms with van der Waals surface area (Å²) in [5, 5.41) is 9.34. The molecule has 5 atom stereocenters. The van der Waals surface area contributed by atoms with Crippen LogP contribution in [0.4, 0.5) is 4.79 Å². The van der Waals surface area contributed by atoms with Crippen LogP contribution in [0.25, 0.3) is 10.8 Å². The topological polar surface area (TPSA) is 160 Å². The fraction of sp³-hybridized carbons (Fsp3) is 0.459. The van der Waals surface area contributed by atoms with E-state index in [1.807, 2.05) is 54.6 Å². The van der Waals surface area contributed by atoms with E-state index in [0.717, 1.165) is 29.2 Å². The molecule has 3 aromatic rings. The molecule has 3 N–H and O–H groups in total. The van der Waals surface area contributed by atoms with Crippen molar-refractivity contribution >= 4 is 55.9 Å². The van der Waals surface area contributed by atoms with Crippen molar-refractivity contribution in [2.75, 3.05) is 6.54 Å². The van der Waals surface area contributed by atoms with Crippen molar-refractivity contribution in [2.24, 2.45) is 5.92 Å². The Morgan fingerprint density at radius 2 is 1.82 bits per heavy atom. The summed E-state index contributed by atoms with van der Waals surface area (Å²) in [4.78, 5) is 56.6. The van der Waals surface area contributed by atoms with Gasteiger partial charge in [0, 0.05) is 18.9 Å². The van der Waals surface area contributed by atoms with Crippen LogP contribution in [0.1, 0.15) is 63.4 Å². The molecule has 4 amide bonds. The Morgan fingerprint density at radius 3 is 2.61 bits per heavy atom. The van der Waals surface area contributed by atoms with Crippen molar-refractivity contribution in [3.05, 3.63) is 77.7 Å². The van der Waals surface area contributed by atoms with Gasteiger partial charge in [-0.05, 0) is 78.4 Å². The first-order valence-electron chi connectivity index (χ1n) is 17.6. The summed E-state index contributed by atoms with van der Waals surface area (Å²) in [6.45, 7) is 0.333. The van der Waals surface area contributed by atoms with Crippen LogP contribution in [0.2, 0.25) is 0 Å². The third-order valence-electron chi connectivity index (χ3n) is 10.1. The van der Waals surface area contributed by atoms with Crippen LogP contribution < -0.4 is 20.1 Å². The molecular formula is C37H42N4O8S2. The lowest BCUT2D eigenvalue weighted by Gasteiger charge is -2.29. The van der Waals surface area contributed by atoms with Gasteiger partial charge in [-0.1, -0.05) is 61.4 Å². The molecule has 12 nitrogen and oxygen atoms in total. The molecule has 270 valence electrons. The highest BCUT2D eigenvalue weighted by molar-refractivity contribution is 7.91. The number of carbonyl (C=O) groups is 4. The average Bonchev–Trinajstić information content (AvgIpc) is 3.98. The molecule has 0 bridgehead atoms. The van der Waals surface area contributed by atoms with Crippen LogP contribution in [0.5, 0.6) is 5.06 Å². The number of hydrogen-bond donors (Lipinski definition) is 3. The highest BCUT2D eigenvalue weighted by atomic mass is 32.2. The molecule has 2 saturated carbocycles. The summed E-state index contributed by atoms with van der Waals surface area (Å²) in [6, 6.07) is 15.4. The Balaban J connectivity index is 1.13. The maximum Gasteiger partial charge on any atom is 0.414 e. The van der Waals surface area contributed by atoms with Crippen molar-refractivity contribution in [1.82, 2.24) is 20.3 Å². The van der Waals surface area contributed by atoms with Gasteiger partial charge in [0.25, 0.3) is 5.91 Å². The largest absolute Gasteiger partial charge is 0.414 e. The van der Waals surface area contributed by atoms with Gasteiger partial charge in [0.05, 0.1) is 18.0 Å². The summed E-state index contributed by atoms with van der Waals surface area (Å²) in [7, 11) is -3.86. The number of nitrogens with zero attached hydrogens (tertiary/aromatic N) is 1. The summed E-state index contributed by atoms with van der Waals surface area (Å²) in [5.74, 6) is -2.19. The van der Waals surface area contributed by atoms with Gasteiger partial charge in [0.2, 0.25) is 21.8 Å². The molecule has 1 aromatic heterocycles. The van der Waals surface area contributed by atoms with E-state index in [1.54, 1.807) is 17.5 Å². The highest BCUT2D eigenvalue weighted by Gasteiger charge is 2.62. The minimum absolute atomic E-state index is 0.0846. The number of thiophene rings is 1. The van der Waals surface area contributed by atoms with Crippen LogP contribution in [-0.4, -0.2) is 72.7 Å². The molecule has 0 spiro atoms. The molecule has 2 aliphatic carbocycles. The quantitative estimate of drug-likeness (QED) is 0.285. The summed E-state index contributed by atoms with van der Waals surface area (Å²) < 4.78 is 39.5. The molecule has 2 aliphatic heterocycles. The maximum absolute atomic E-state index is 14.3. The first-order valence-corrected chi connectivity index (χ1v) is 20.0. The lowest BCUT2D eigenvalue weighted by Crippen LogP contribution is -2.58. The number of hydrogen-bond acceptors (Lipinski definition) is 9. The molecule has 3 fully saturated rings. The van der Waals surface area contributed by atoms with Crippen LogP contribution in [0.3, 0.4) is 0 Å². The average molecular weight is 735 g/mol. The number of allylic oxidation sites excluding steroid dienone is 1. The van der Waals surface area contributed by atoms with E-state index < -0.39 is 68.7 Å². The van der Waals surface area contributed by atoms with Crippen LogP contribution >= 0.6 is 11.3 Å². The van der Waals surface area contributed by atoms with Gasteiger partial charge in [-0.15, -0.1) is 11.3 Å². The fourth-order valence-electron chi connectivity index (χ4n) is 7.01. The second-order valence-corrected chi connectivity index (χ2v) is 16.8. The van der Waals surface area contributed by atoms with Gasteiger partial charge >= 0.3 is 6.09 Å². The molecular weight excluding hydrogens is 693 g/mol. The number of nitrogens with one attached hydrogen (secondary N) is 3. The lowest BCUT2D eigenvalue weighted by molar-refractivity contribution is -0.141. The predicted molar refractivity (Wildman–Crippen MR) is 191 cm³/mol. The Morgan fingerprint density at radius 1 is 1.00 bits per heavy atom. The molecule has 3 heterocycles. The summed E-state index contributed by atoms with van der Waals surface area (Å²) in [6.07, 6.45) is 7.18. The minimum Gasteiger partial charge on any atom is -0.399 e. The van der Waals surface area contributed by atoms with E-state index in [1.165, 1.54) is 16.2 Å². The molecule has 2 aromatic carbocycles. The molecule has 0 unspecified atom stereocenters. The number of carbonyl (C=O) groups excluding carboxylic acids is 4. The van der Waals surface area contributed by atoms with Gasteiger partial charge in [-0.25, -0.2) is 13.2 Å². The second-order valence-electron chi connectivity index (χ2n) is 13.9. The van der Waals surface area contributed by atoms with Gasteiger partial charge in [-0.2, -0.15) is 0 Å². The number of rotatable bonds is 8. The number of benzene rings is 2. The Hall–Kier alpha value is -4.27. The number of sulfonamides is 1. The van der Waals surface area contributed by atoms with E-state index in [9.17, 15) is 27.6 Å². The lowest BCUT2D eigenvalue weighted by atomic mass is 10.1. The highest BCUT2D eigenvalue weighted by Crippen LogP contribution is 2.46. The number of amides is 4. The predicted octanol–water partition coefficient (Wildman–Crippen LogP) is 4.55. The first kappa shape index (κ1) is 35.1. The van der Waals surface area contributed by atoms with E-state index in [2.05, 4.69) is 15.4 Å². The van der Waals surface area contributed by atoms with Crippen LogP contribution in [-0.2, 0) is 35.8 Å². The monoisotopic (exact) mass is 734 g/mol. The van der Waals surface area contributed by atoms with Crippen molar-refractivity contribution in [1.29, 1.82) is 0 Å².